The van der Waals surface area contributed by atoms with Crippen molar-refractivity contribution in [1.82, 2.24) is 4.98 Å². The first-order chi connectivity index (χ1) is 11.5. The van der Waals surface area contributed by atoms with Crippen molar-refractivity contribution in [2.75, 3.05) is 0 Å². The quantitative estimate of drug-likeness (QED) is 0.510. The second-order valence-corrected chi connectivity index (χ2v) is 5.90. The Labute approximate surface area is 145 Å². The van der Waals surface area contributed by atoms with Crippen molar-refractivity contribution < 1.29 is 15.1 Å². The highest BCUT2D eigenvalue weighted by Crippen LogP contribution is 2.33. The average molecular weight is 387 g/mol. The minimum absolute atomic E-state index is 0.0729. The maximum atomic E-state index is 10.9. The number of hydrogen-bond donors (Lipinski definition) is 2. The maximum absolute atomic E-state index is 10.9. The average Bonchev–Trinajstić information content (AvgIpc) is 2.56. The summed E-state index contributed by atoms with van der Waals surface area (Å²) >= 11 is 3.10. The van der Waals surface area contributed by atoms with E-state index in [4.69, 9.17) is 0 Å². The first kappa shape index (κ1) is 15.9. The zero-order valence-electron chi connectivity index (χ0n) is 12.2. The third kappa shape index (κ3) is 3.07. The number of phenolic OH excluding ortho intramolecular Hbond substituents is 2. The van der Waals surface area contributed by atoms with Gasteiger partial charge in [-0.25, -0.2) is 4.98 Å². The molecule has 0 saturated heterocycles. The molecule has 0 aliphatic rings. The number of pyridine rings is 1. The van der Waals surface area contributed by atoms with E-state index in [1.807, 2.05) is 12.1 Å². The van der Waals surface area contributed by atoms with Crippen LogP contribution in [0.4, 0.5) is 5.69 Å². The van der Waals surface area contributed by atoms with Gasteiger partial charge in [-0.15, -0.1) is 0 Å². The van der Waals surface area contributed by atoms with Gasteiger partial charge in [-0.05, 0) is 40.2 Å². The molecule has 2 aromatic carbocycles. The number of nitrogens with zero attached hydrogens (tertiary/aromatic N) is 2. The lowest BCUT2D eigenvalue weighted by molar-refractivity contribution is -0.385. The second kappa shape index (κ2) is 6.29. The van der Waals surface area contributed by atoms with Crippen LogP contribution in [-0.2, 0) is 0 Å². The summed E-state index contributed by atoms with van der Waals surface area (Å²) < 4.78 is 0.237. The molecule has 7 heteroatoms. The monoisotopic (exact) mass is 386 g/mol. The van der Waals surface area contributed by atoms with Crippen LogP contribution < -0.4 is 0 Å². The standard InChI is InChI=1S/C17H11BrN2O4/c18-14-9-13(20(23)24)8-11(17(14)22)5-7-12-6-4-10-2-1-3-15(21)16(10)19-12/h1-9,21-22H. The van der Waals surface area contributed by atoms with Gasteiger partial charge in [-0.3, -0.25) is 10.1 Å². The van der Waals surface area contributed by atoms with Crippen molar-refractivity contribution in [3.8, 4) is 11.5 Å². The summed E-state index contributed by atoms with van der Waals surface area (Å²) in [5, 5.41) is 31.6. The van der Waals surface area contributed by atoms with E-state index in [9.17, 15) is 20.3 Å². The molecule has 0 saturated carbocycles. The predicted molar refractivity (Wildman–Crippen MR) is 94.8 cm³/mol. The Bertz CT molecular complexity index is 986. The molecule has 6 nitrogen and oxygen atoms in total. The fourth-order valence-electron chi connectivity index (χ4n) is 2.25. The van der Waals surface area contributed by atoms with E-state index < -0.39 is 4.92 Å². The Morgan fingerprint density at radius 1 is 1.12 bits per heavy atom. The van der Waals surface area contributed by atoms with Crippen LogP contribution in [0.3, 0.4) is 0 Å². The summed E-state index contributed by atoms with van der Waals surface area (Å²) in [5.74, 6) is -0.0239. The number of phenols is 2. The lowest BCUT2D eigenvalue weighted by Crippen LogP contribution is -1.89. The van der Waals surface area contributed by atoms with E-state index >= 15 is 0 Å². The number of halogens is 1. The van der Waals surface area contributed by atoms with Crippen LogP contribution in [0.15, 0.2) is 46.9 Å². The number of aromatic nitrogens is 1. The van der Waals surface area contributed by atoms with Crippen LogP contribution >= 0.6 is 15.9 Å². The first-order valence-electron chi connectivity index (χ1n) is 6.89. The van der Waals surface area contributed by atoms with Crippen molar-refractivity contribution in [2.24, 2.45) is 0 Å². The third-order valence-electron chi connectivity index (χ3n) is 3.44. The zero-order chi connectivity index (χ0) is 17.3. The van der Waals surface area contributed by atoms with Crippen LogP contribution in [-0.4, -0.2) is 20.1 Å². The number of aromatic hydroxyl groups is 2. The van der Waals surface area contributed by atoms with Gasteiger partial charge in [-0.1, -0.05) is 18.2 Å². The lowest BCUT2D eigenvalue weighted by atomic mass is 10.1. The highest BCUT2D eigenvalue weighted by Gasteiger charge is 2.13. The normalized spacial score (nSPS) is 11.2. The Morgan fingerprint density at radius 3 is 2.67 bits per heavy atom. The molecule has 1 heterocycles. The van der Waals surface area contributed by atoms with E-state index in [-0.39, 0.29) is 27.2 Å². The van der Waals surface area contributed by atoms with Crippen LogP contribution in [0.1, 0.15) is 11.3 Å². The minimum Gasteiger partial charge on any atom is -0.506 e. The van der Waals surface area contributed by atoms with Crippen molar-refractivity contribution >= 4 is 44.7 Å². The molecule has 0 fully saturated rings. The van der Waals surface area contributed by atoms with Crippen LogP contribution in [0.5, 0.6) is 11.5 Å². The van der Waals surface area contributed by atoms with Crippen molar-refractivity contribution in [3.05, 3.63) is 68.3 Å². The van der Waals surface area contributed by atoms with Crippen LogP contribution in [0.25, 0.3) is 23.1 Å². The summed E-state index contributed by atoms with van der Waals surface area (Å²) in [5.41, 5.74) is 1.16. The lowest BCUT2D eigenvalue weighted by Gasteiger charge is -2.03. The highest BCUT2D eigenvalue weighted by atomic mass is 79.9. The van der Waals surface area contributed by atoms with Crippen LogP contribution in [0.2, 0.25) is 0 Å². The Kier molecular flexibility index (Phi) is 4.18. The molecule has 24 heavy (non-hydrogen) atoms. The number of non-ortho nitro benzene ring substituents is 1. The molecule has 0 aliphatic heterocycles. The number of para-hydroxylation sites is 1. The molecule has 120 valence electrons. The zero-order valence-corrected chi connectivity index (χ0v) is 13.8. The number of hydrogen-bond acceptors (Lipinski definition) is 5. The maximum Gasteiger partial charge on any atom is 0.271 e. The number of rotatable bonds is 3. The van der Waals surface area contributed by atoms with Gasteiger partial charge in [0.15, 0.2) is 0 Å². The molecule has 0 aliphatic carbocycles. The van der Waals surface area contributed by atoms with Crippen LogP contribution in [0, 0.1) is 10.1 Å². The summed E-state index contributed by atoms with van der Waals surface area (Å²) in [6, 6.07) is 11.2. The molecular weight excluding hydrogens is 376 g/mol. The predicted octanol–water partition coefficient (Wildman–Crippen LogP) is 4.49. The van der Waals surface area contributed by atoms with Crippen molar-refractivity contribution in [3.63, 3.8) is 0 Å². The van der Waals surface area contributed by atoms with Gasteiger partial charge < -0.3 is 10.2 Å². The molecule has 1 aromatic heterocycles. The van der Waals surface area contributed by atoms with E-state index in [0.717, 1.165) is 5.39 Å². The number of nitro groups is 1. The first-order valence-corrected chi connectivity index (χ1v) is 7.69. The number of nitro benzene ring substituents is 1. The molecular formula is C17H11BrN2O4. The summed E-state index contributed by atoms with van der Waals surface area (Å²) in [4.78, 5) is 14.7. The molecule has 0 bridgehead atoms. The van der Waals surface area contributed by atoms with Crippen molar-refractivity contribution in [1.29, 1.82) is 0 Å². The van der Waals surface area contributed by atoms with E-state index in [0.29, 0.717) is 11.2 Å². The van der Waals surface area contributed by atoms with Gasteiger partial charge in [0, 0.05) is 23.1 Å². The number of benzene rings is 2. The minimum atomic E-state index is -0.534. The highest BCUT2D eigenvalue weighted by molar-refractivity contribution is 9.10. The molecule has 3 rings (SSSR count). The van der Waals surface area contributed by atoms with Crippen molar-refractivity contribution in [2.45, 2.75) is 0 Å². The largest absolute Gasteiger partial charge is 0.506 e. The Morgan fingerprint density at radius 2 is 1.92 bits per heavy atom. The molecule has 0 unspecified atom stereocenters. The van der Waals surface area contributed by atoms with E-state index in [2.05, 4.69) is 20.9 Å². The van der Waals surface area contributed by atoms with Gasteiger partial charge in [0.1, 0.15) is 17.0 Å². The molecule has 3 aromatic rings. The fraction of sp³-hybridized carbons (Fsp3) is 0. The summed E-state index contributed by atoms with van der Waals surface area (Å²) in [6.07, 6.45) is 3.14. The third-order valence-corrected chi connectivity index (χ3v) is 4.05. The summed E-state index contributed by atoms with van der Waals surface area (Å²) in [7, 11) is 0. The molecule has 0 amide bonds. The Balaban J connectivity index is 2.02. The van der Waals surface area contributed by atoms with Gasteiger partial charge in [0.2, 0.25) is 0 Å². The van der Waals surface area contributed by atoms with Gasteiger partial charge in [-0.2, -0.15) is 0 Å². The molecule has 0 spiro atoms. The fourth-order valence-corrected chi connectivity index (χ4v) is 2.72. The molecule has 0 atom stereocenters. The van der Waals surface area contributed by atoms with Gasteiger partial charge >= 0.3 is 0 Å². The summed E-state index contributed by atoms with van der Waals surface area (Å²) in [6.45, 7) is 0. The SMILES string of the molecule is O=[N+]([O-])c1cc(Br)c(O)c(C=Cc2ccc3cccc(O)c3n2)c1. The molecule has 0 radical (unpaired) electrons. The number of fused-ring (bicyclic) bond motifs is 1. The van der Waals surface area contributed by atoms with E-state index in [1.165, 1.54) is 18.2 Å². The topological polar surface area (TPSA) is 96.5 Å². The van der Waals surface area contributed by atoms with Gasteiger partial charge in [0.05, 0.1) is 15.1 Å². The van der Waals surface area contributed by atoms with E-state index in [1.54, 1.807) is 24.3 Å². The second-order valence-electron chi connectivity index (χ2n) is 5.04. The van der Waals surface area contributed by atoms with Gasteiger partial charge in [0.25, 0.3) is 5.69 Å². The molecule has 2 N–H and O–H groups in total. The smallest absolute Gasteiger partial charge is 0.271 e. The Hall–Kier alpha value is -2.93.